The lowest BCUT2D eigenvalue weighted by atomic mass is 10.2. The minimum Gasteiger partial charge on any atom is -0.469 e. The number of carbonyl (C=O) groups excluding carboxylic acids is 1. The number of ether oxygens (including phenoxy) is 2. The second-order valence-corrected chi connectivity index (χ2v) is 6.78. The van der Waals surface area contributed by atoms with Gasteiger partial charge in [0.05, 0.1) is 24.5 Å². The third kappa shape index (κ3) is 6.33. The SMILES string of the molecule is COC(=O)C(C)CS(=O)(=O)Cc1cccc(OC(F)(F)F)c1. The van der Waals surface area contributed by atoms with Gasteiger partial charge in [-0.1, -0.05) is 19.1 Å². The van der Waals surface area contributed by atoms with Gasteiger partial charge in [-0.25, -0.2) is 8.42 Å². The lowest BCUT2D eigenvalue weighted by Gasteiger charge is -2.12. The first-order valence-corrected chi connectivity index (χ1v) is 7.97. The van der Waals surface area contributed by atoms with E-state index in [0.717, 1.165) is 19.2 Å². The number of alkyl halides is 3. The second-order valence-electron chi connectivity index (χ2n) is 4.67. The molecule has 124 valence electrons. The van der Waals surface area contributed by atoms with E-state index in [-0.39, 0.29) is 5.56 Å². The molecule has 1 unspecified atom stereocenters. The van der Waals surface area contributed by atoms with Gasteiger partial charge in [-0.3, -0.25) is 4.79 Å². The molecule has 5 nitrogen and oxygen atoms in total. The maximum absolute atomic E-state index is 12.1. The highest BCUT2D eigenvalue weighted by molar-refractivity contribution is 7.90. The van der Waals surface area contributed by atoms with E-state index in [1.165, 1.54) is 19.1 Å². The monoisotopic (exact) mass is 340 g/mol. The van der Waals surface area contributed by atoms with E-state index >= 15 is 0 Å². The first-order valence-electron chi connectivity index (χ1n) is 6.15. The smallest absolute Gasteiger partial charge is 0.469 e. The Morgan fingerprint density at radius 2 is 1.95 bits per heavy atom. The van der Waals surface area contributed by atoms with Crippen LogP contribution < -0.4 is 4.74 Å². The molecule has 0 fully saturated rings. The molecule has 1 aromatic carbocycles. The Morgan fingerprint density at radius 1 is 1.32 bits per heavy atom. The van der Waals surface area contributed by atoms with E-state index in [1.807, 2.05) is 0 Å². The molecule has 1 atom stereocenters. The predicted octanol–water partition coefficient (Wildman–Crippen LogP) is 2.31. The van der Waals surface area contributed by atoms with E-state index in [2.05, 4.69) is 9.47 Å². The van der Waals surface area contributed by atoms with Crippen LogP contribution in [0.25, 0.3) is 0 Å². The Bertz CT molecular complexity index is 625. The molecule has 0 saturated carbocycles. The van der Waals surface area contributed by atoms with Crippen molar-refractivity contribution in [2.24, 2.45) is 5.92 Å². The fourth-order valence-corrected chi connectivity index (χ4v) is 3.50. The highest BCUT2D eigenvalue weighted by atomic mass is 32.2. The Labute approximate surface area is 125 Å². The minimum absolute atomic E-state index is 0.138. The standard InChI is InChI=1S/C13H15F3O5S/c1-9(12(17)20-2)7-22(18,19)8-10-4-3-5-11(6-10)21-13(14,15)16/h3-6,9H,7-8H2,1-2H3. The van der Waals surface area contributed by atoms with Crippen molar-refractivity contribution >= 4 is 15.8 Å². The molecule has 0 saturated heterocycles. The van der Waals surface area contributed by atoms with Crippen molar-refractivity contribution < 1.29 is 35.9 Å². The van der Waals surface area contributed by atoms with Crippen LogP contribution in [-0.4, -0.2) is 33.6 Å². The maximum atomic E-state index is 12.1. The third-order valence-electron chi connectivity index (χ3n) is 2.63. The summed E-state index contributed by atoms with van der Waals surface area (Å²) in [7, 11) is -2.54. The van der Waals surface area contributed by atoms with Crippen LogP contribution in [0.2, 0.25) is 0 Å². The fraction of sp³-hybridized carbons (Fsp3) is 0.462. The Balaban J connectivity index is 2.81. The van der Waals surface area contributed by atoms with Crippen molar-refractivity contribution in [2.45, 2.75) is 19.0 Å². The molecule has 1 rings (SSSR count). The summed E-state index contributed by atoms with van der Waals surface area (Å²) in [6.07, 6.45) is -4.85. The zero-order valence-electron chi connectivity index (χ0n) is 11.9. The summed E-state index contributed by atoms with van der Waals surface area (Å²) in [5.41, 5.74) is 0.138. The van der Waals surface area contributed by atoms with Gasteiger partial charge in [0, 0.05) is 0 Å². The van der Waals surface area contributed by atoms with Crippen molar-refractivity contribution in [3.63, 3.8) is 0 Å². The van der Waals surface area contributed by atoms with Gasteiger partial charge in [0.2, 0.25) is 0 Å². The maximum Gasteiger partial charge on any atom is 0.573 e. The van der Waals surface area contributed by atoms with Crippen molar-refractivity contribution in [2.75, 3.05) is 12.9 Å². The predicted molar refractivity (Wildman–Crippen MR) is 71.8 cm³/mol. The first kappa shape index (κ1) is 18.3. The summed E-state index contributed by atoms with van der Waals surface area (Å²) in [5, 5.41) is 0. The zero-order valence-corrected chi connectivity index (χ0v) is 12.7. The summed E-state index contributed by atoms with van der Waals surface area (Å²) in [4.78, 5) is 11.2. The van der Waals surface area contributed by atoms with Gasteiger partial charge in [-0.2, -0.15) is 0 Å². The van der Waals surface area contributed by atoms with Gasteiger partial charge in [0.1, 0.15) is 5.75 Å². The topological polar surface area (TPSA) is 69.7 Å². The van der Waals surface area contributed by atoms with Gasteiger partial charge in [-0.05, 0) is 17.7 Å². The van der Waals surface area contributed by atoms with E-state index in [0.29, 0.717) is 0 Å². The molecule has 0 aliphatic heterocycles. The fourth-order valence-electron chi connectivity index (χ4n) is 1.80. The Kier molecular flexibility index (Phi) is 5.81. The molecule has 0 N–H and O–H groups in total. The van der Waals surface area contributed by atoms with Gasteiger partial charge in [0.15, 0.2) is 9.84 Å². The van der Waals surface area contributed by atoms with E-state index < -0.39 is 45.3 Å². The van der Waals surface area contributed by atoms with Gasteiger partial charge >= 0.3 is 12.3 Å². The lowest BCUT2D eigenvalue weighted by molar-refractivity contribution is -0.274. The van der Waals surface area contributed by atoms with Crippen molar-refractivity contribution in [1.29, 1.82) is 0 Å². The highest BCUT2D eigenvalue weighted by Crippen LogP contribution is 2.24. The van der Waals surface area contributed by atoms with Crippen LogP contribution in [0.5, 0.6) is 5.75 Å². The molecule has 0 spiro atoms. The van der Waals surface area contributed by atoms with Crippen molar-refractivity contribution in [3.8, 4) is 5.75 Å². The lowest BCUT2D eigenvalue weighted by Crippen LogP contribution is -2.23. The molecule has 22 heavy (non-hydrogen) atoms. The Morgan fingerprint density at radius 3 is 2.50 bits per heavy atom. The number of benzene rings is 1. The molecule has 0 aliphatic carbocycles. The summed E-state index contributed by atoms with van der Waals surface area (Å²) in [6.45, 7) is 1.40. The van der Waals surface area contributed by atoms with Crippen LogP contribution in [-0.2, 0) is 25.1 Å². The van der Waals surface area contributed by atoms with Crippen LogP contribution in [0.3, 0.4) is 0 Å². The number of hydrogen-bond donors (Lipinski definition) is 0. The molecule has 0 amide bonds. The summed E-state index contributed by atoms with van der Waals surface area (Å²) >= 11 is 0. The average molecular weight is 340 g/mol. The molecular weight excluding hydrogens is 325 g/mol. The van der Waals surface area contributed by atoms with Crippen molar-refractivity contribution in [1.82, 2.24) is 0 Å². The van der Waals surface area contributed by atoms with E-state index in [9.17, 15) is 26.4 Å². The number of esters is 1. The van der Waals surface area contributed by atoms with Gasteiger partial charge < -0.3 is 9.47 Å². The Hall–Kier alpha value is -1.77. The number of carbonyl (C=O) groups is 1. The van der Waals surface area contributed by atoms with Gasteiger partial charge in [0.25, 0.3) is 0 Å². The summed E-state index contributed by atoms with van der Waals surface area (Å²) < 4.78 is 68.4. The molecule has 1 aromatic rings. The van der Waals surface area contributed by atoms with Crippen LogP contribution in [0.1, 0.15) is 12.5 Å². The van der Waals surface area contributed by atoms with Crippen LogP contribution >= 0.6 is 0 Å². The van der Waals surface area contributed by atoms with Crippen LogP contribution in [0.15, 0.2) is 24.3 Å². The van der Waals surface area contributed by atoms with E-state index in [4.69, 9.17) is 0 Å². The third-order valence-corrected chi connectivity index (χ3v) is 4.41. The zero-order chi connectivity index (χ0) is 17.0. The molecule has 0 aromatic heterocycles. The molecule has 0 aliphatic rings. The number of hydrogen-bond acceptors (Lipinski definition) is 5. The average Bonchev–Trinajstić information content (AvgIpc) is 2.34. The van der Waals surface area contributed by atoms with Gasteiger partial charge in [-0.15, -0.1) is 13.2 Å². The number of sulfone groups is 1. The highest BCUT2D eigenvalue weighted by Gasteiger charge is 2.31. The number of rotatable bonds is 6. The first-order chi connectivity index (χ1) is 10.0. The van der Waals surface area contributed by atoms with E-state index in [1.54, 1.807) is 0 Å². The van der Waals surface area contributed by atoms with Crippen LogP contribution in [0.4, 0.5) is 13.2 Å². The number of methoxy groups -OCH3 is 1. The molecule has 9 heteroatoms. The molecular formula is C13H15F3O5S. The summed E-state index contributed by atoms with van der Waals surface area (Å²) in [6, 6.07) is 4.69. The quantitative estimate of drug-likeness (QED) is 0.743. The number of halogens is 3. The van der Waals surface area contributed by atoms with Crippen LogP contribution in [0, 0.1) is 5.92 Å². The summed E-state index contributed by atoms with van der Waals surface area (Å²) in [5.74, 6) is -2.98. The molecule has 0 radical (unpaired) electrons. The normalized spacial score (nSPS) is 13.5. The van der Waals surface area contributed by atoms with Crippen molar-refractivity contribution in [3.05, 3.63) is 29.8 Å². The second kappa shape index (κ2) is 6.99. The largest absolute Gasteiger partial charge is 0.573 e. The molecule has 0 heterocycles. The molecule has 0 bridgehead atoms. The minimum atomic E-state index is -4.85.